The normalized spacial score (nSPS) is 14.7. The van der Waals surface area contributed by atoms with Gasteiger partial charge in [0.25, 0.3) is 11.6 Å². The van der Waals surface area contributed by atoms with Gasteiger partial charge in [0.05, 0.1) is 4.92 Å². The number of piperidine rings is 1. The van der Waals surface area contributed by atoms with Crippen LogP contribution in [0.5, 0.6) is 0 Å². The first kappa shape index (κ1) is 19.8. The van der Waals surface area contributed by atoms with E-state index in [0.717, 1.165) is 5.56 Å². The minimum Gasteiger partial charge on any atom is -0.339 e. The van der Waals surface area contributed by atoms with E-state index in [1.807, 2.05) is 31.2 Å². The monoisotopic (exact) mass is 406 g/mol. The predicted molar refractivity (Wildman–Crippen MR) is 110 cm³/mol. The summed E-state index contributed by atoms with van der Waals surface area (Å²) < 4.78 is 5.48. The summed E-state index contributed by atoms with van der Waals surface area (Å²) in [6.45, 7) is 4.75. The number of carbonyl (C=O) groups is 1. The van der Waals surface area contributed by atoms with Gasteiger partial charge in [-0.15, -0.1) is 0 Å². The van der Waals surface area contributed by atoms with Crippen molar-refractivity contribution < 1.29 is 14.2 Å². The molecule has 1 amide bonds. The highest BCUT2D eigenvalue weighted by atomic mass is 16.6. The Hall–Kier alpha value is -3.55. The van der Waals surface area contributed by atoms with Gasteiger partial charge in [0.15, 0.2) is 0 Å². The predicted octanol–water partition coefficient (Wildman–Crippen LogP) is 4.28. The number of nitro groups is 1. The molecule has 8 nitrogen and oxygen atoms in total. The third kappa shape index (κ3) is 3.94. The van der Waals surface area contributed by atoms with Crippen LogP contribution in [0.4, 0.5) is 5.69 Å². The summed E-state index contributed by atoms with van der Waals surface area (Å²) in [5, 5.41) is 15.2. The first-order valence-corrected chi connectivity index (χ1v) is 9.87. The Morgan fingerprint density at radius 2 is 1.83 bits per heavy atom. The van der Waals surface area contributed by atoms with E-state index in [-0.39, 0.29) is 17.5 Å². The average molecular weight is 406 g/mol. The van der Waals surface area contributed by atoms with E-state index in [4.69, 9.17) is 4.52 Å². The van der Waals surface area contributed by atoms with Crippen LogP contribution in [0.3, 0.4) is 0 Å². The van der Waals surface area contributed by atoms with Crippen LogP contribution >= 0.6 is 0 Å². The molecule has 0 aliphatic carbocycles. The van der Waals surface area contributed by atoms with E-state index in [0.29, 0.717) is 48.8 Å². The number of hydrogen-bond acceptors (Lipinski definition) is 6. The molecule has 0 saturated carbocycles. The van der Waals surface area contributed by atoms with Crippen LogP contribution in [0.1, 0.15) is 46.1 Å². The van der Waals surface area contributed by atoms with Gasteiger partial charge in [-0.1, -0.05) is 41.1 Å². The molecule has 154 valence electrons. The van der Waals surface area contributed by atoms with E-state index in [9.17, 15) is 14.9 Å². The number of likely N-dealkylation sites (tertiary alicyclic amines) is 1. The Balaban J connectivity index is 1.42. The van der Waals surface area contributed by atoms with Crippen molar-refractivity contribution in [1.29, 1.82) is 0 Å². The molecule has 1 aliphatic heterocycles. The van der Waals surface area contributed by atoms with E-state index in [1.165, 1.54) is 11.6 Å². The summed E-state index contributed by atoms with van der Waals surface area (Å²) in [7, 11) is 0. The second-order valence-electron chi connectivity index (χ2n) is 7.65. The van der Waals surface area contributed by atoms with Gasteiger partial charge < -0.3 is 9.42 Å². The SMILES string of the molecule is Cc1ccc(-c2noc(C3CCN(C(=O)c4ccc(C)c([N+](=O)[O-])c4)CC3)n2)cc1. The fraction of sp³-hybridized carbons (Fsp3) is 0.318. The minimum absolute atomic E-state index is 0.0368. The van der Waals surface area contributed by atoms with Crippen LogP contribution in [-0.2, 0) is 0 Å². The van der Waals surface area contributed by atoms with Crippen molar-refractivity contribution in [2.45, 2.75) is 32.6 Å². The summed E-state index contributed by atoms with van der Waals surface area (Å²) in [4.78, 5) is 29.8. The van der Waals surface area contributed by atoms with Gasteiger partial charge in [0.1, 0.15) is 0 Å². The highest BCUT2D eigenvalue weighted by Gasteiger charge is 2.29. The summed E-state index contributed by atoms with van der Waals surface area (Å²) in [6, 6.07) is 12.6. The van der Waals surface area contributed by atoms with E-state index in [1.54, 1.807) is 24.0 Å². The molecule has 8 heteroatoms. The number of nitro benzene ring substituents is 1. The smallest absolute Gasteiger partial charge is 0.273 e. The maximum atomic E-state index is 12.8. The average Bonchev–Trinajstić information content (AvgIpc) is 3.24. The van der Waals surface area contributed by atoms with Crippen molar-refractivity contribution >= 4 is 11.6 Å². The Morgan fingerprint density at radius 1 is 1.13 bits per heavy atom. The first-order chi connectivity index (χ1) is 14.4. The second-order valence-corrected chi connectivity index (χ2v) is 7.65. The van der Waals surface area contributed by atoms with Crippen molar-refractivity contribution in [3.63, 3.8) is 0 Å². The van der Waals surface area contributed by atoms with Crippen molar-refractivity contribution in [2.24, 2.45) is 0 Å². The molecule has 2 aromatic carbocycles. The van der Waals surface area contributed by atoms with Crippen LogP contribution in [-0.4, -0.2) is 39.0 Å². The number of aryl methyl sites for hydroxylation is 2. The van der Waals surface area contributed by atoms with Gasteiger partial charge in [-0.05, 0) is 32.8 Å². The Morgan fingerprint density at radius 3 is 2.50 bits per heavy atom. The molecule has 1 aliphatic rings. The van der Waals surface area contributed by atoms with Crippen LogP contribution in [0.15, 0.2) is 47.0 Å². The molecule has 0 radical (unpaired) electrons. The van der Waals surface area contributed by atoms with Crippen molar-refractivity contribution in [1.82, 2.24) is 15.0 Å². The standard InChI is InChI=1S/C22H22N4O4/c1-14-3-6-16(7-4-14)20-23-21(30-24-20)17-9-11-25(12-10-17)22(27)18-8-5-15(2)19(13-18)26(28)29/h3-8,13,17H,9-12H2,1-2H3. The van der Waals surface area contributed by atoms with Gasteiger partial charge in [-0.25, -0.2) is 0 Å². The molecule has 1 fully saturated rings. The number of benzene rings is 2. The molecular formula is C22H22N4O4. The second kappa shape index (κ2) is 8.06. The number of nitrogens with zero attached hydrogens (tertiary/aromatic N) is 4. The summed E-state index contributed by atoms with van der Waals surface area (Å²) >= 11 is 0. The summed E-state index contributed by atoms with van der Waals surface area (Å²) in [5.74, 6) is 1.05. The third-order valence-electron chi connectivity index (χ3n) is 5.54. The molecule has 2 heterocycles. The highest BCUT2D eigenvalue weighted by Crippen LogP contribution is 2.30. The van der Waals surface area contributed by atoms with Crippen LogP contribution in [0.25, 0.3) is 11.4 Å². The van der Waals surface area contributed by atoms with Crippen molar-refractivity contribution in [3.8, 4) is 11.4 Å². The quantitative estimate of drug-likeness (QED) is 0.473. The maximum Gasteiger partial charge on any atom is 0.273 e. The number of aromatic nitrogens is 2. The molecule has 0 unspecified atom stereocenters. The Labute approximate surface area is 173 Å². The summed E-state index contributed by atoms with van der Waals surface area (Å²) in [6.07, 6.45) is 1.41. The molecule has 1 aromatic heterocycles. The number of hydrogen-bond donors (Lipinski definition) is 0. The van der Waals surface area contributed by atoms with Gasteiger partial charge in [-0.2, -0.15) is 4.98 Å². The fourth-order valence-electron chi connectivity index (χ4n) is 3.67. The molecule has 0 spiro atoms. The van der Waals surface area contributed by atoms with Gasteiger partial charge in [0.2, 0.25) is 11.7 Å². The van der Waals surface area contributed by atoms with Crippen molar-refractivity contribution in [3.05, 3.63) is 75.2 Å². The fourth-order valence-corrected chi connectivity index (χ4v) is 3.67. The lowest BCUT2D eigenvalue weighted by molar-refractivity contribution is -0.385. The van der Waals surface area contributed by atoms with Crippen molar-refractivity contribution in [2.75, 3.05) is 13.1 Å². The van der Waals surface area contributed by atoms with Gasteiger partial charge in [-0.3, -0.25) is 14.9 Å². The third-order valence-corrected chi connectivity index (χ3v) is 5.54. The Bertz CT molecular complexity index is 1080. The van der Waals surface area contributed by atoms with Gasteiger partial charge >= 0.3 is 0 Å². The first-order valence-electron chi connectivity index (χ1n) is 9.87. The largest absolute Gasteiger partial charge is 0.339 e. The number of carbonyl (C=O) groups excluding carboxylic acids is 1. The lowest BCUT2D eigenvalue weighted by atomic mass is 9.96. The lowest BCUT2D eigenvalue weighted by Crippen LogP contribution is -2.38. The molecule has 4 rings (SSSR count). The molecule has 3 aromatic rings. The van der Waals surface area contributed by atoms with Gasteiger partial charge in [0, 0.05) is 41.8 Å². The lowest BCUT2D eigenvalue weighted by Gasteiger charge is -2.30. The van der Waals surface area contributed by atoms with Crippen LogP contribution in [0.2, 0.25) is 0 Å². The van der Waals surface area contributed by atoms with E-state index >= 15 is 0 Å². The van der Waals surface area contributed by atoms with Crippen LogP contribution < -0.4 is 0 Å². The Kier molecular flexibility index (Phi) is 5.31. The zero-order valence-electron chi connectivity index (χ0n) is 16.9. The summed E-state index contributed by atoms with van der Waals surface area (Å²) in [5.41, 5.74) is 2.91. The molecule has 0 bridgehead atoms. The zero-order valence-corrected chi connectivity index (χ0v) is 16.9. The topological polar surface area (TPSA) is 102 Å². The minimum atomic E-state index is -0.459. The molecule has 30 heavy (non-hydrogen) atoms. The molecule has 0 N–H and O–H groups in total. The number of rotatable bonds is 4. The van der Waals surface area contributed by atoms with E-state index in [2.05, 4.69) is 10.1 Å². The maximum absolute atomic E-state index is 12.8. The molecular weight excluding hydrogens is 384 g/mol. The number of amides is 1. The highest BCUT2D eigenvalue weighted by molar-refractivity contribution is 5.95. The molecule has 0 atom stereocenters. The van der Waals surface area contributed by atoms with E-state index < -0.39 is 4.92 Å². The zero-order chi connectivity index (χ0) is 21.3. The molecule has 1 saturated heterocycles. The van der Waals surface area contributed by atoms with Crippen LogP contribution in [0, 0.1) is 24.0 Å².